The van der Waals surface area contributed by atoms with E-state index in [1.54, 1.807) is 18.8 Å². The van der Waals surface area contributed by atoms with Crippen LogP contribution in [0.2, 0.25) is 0 Å². The van der Waals surface area contributed by atoms with Gasteiger partial charge < -0.3 is 54.8 Å². The first kappa shape index (κ1) is 35.7. The number of rotatable bonds is 15. The summed E-state index contributed by atoms with van der Waals surface area (Å²) in [5.41, 5.74) is -1.80. The van der Waals surface area contributed by atoms with Crippen LogP contribution >= 0.6 is 11.8 Å². The van der Waals surface area contributed by atoms with Crippen molar-refractivity contribution in [3.63, 3.8) is 0 Å². The predicted molar refractivity (Wildman–Crippen MR) is 124 cm³/mol. The van der Waals surface area contributed by atoms with Gasteiger partial charge in [-0.2, -0.15) is 11.8 Å². The number of nitrogens with one attached hydrogen (secondary N) is 2. The molecule has 36 heavy (non-hydrogen) atoms. The number of carboxylic acids is 3. The molecule has 0 amide bonds. The van der Waals surface area contributed by atoms with E-state index < -0.39 is 41.3 Å². The van der Waals surface area contributed by atoms with Crippen molar-refractivity contribution >= 4 is 55.9 Å². The van der Waals surface area contributed by atoms with Gasteiger partial charge >= 0.3 is 26.2 Å². The largest absolute Gasteiger partial charge is 3.00 e. The Morgan fingerprint density at radius 2 is 1.78 bits per heavy atom. The molecule has 0 spiro atoms. The van der Waals surface area contributed by atoms with E-state index in [4.69, 9.17) is 9.52 Å². The first-order valence-corrected chi connectivity index (χ1v) is 11.3. The van der Waals surface area contributed by atoms with Gasteiger partial charge in [-0.1, -0.05) is 0 Å². The molecule has 1 heterocycles. The van der Waals surface area contributed by atoms with Gasteiger partial charge in [0.1, 0.15) is 17.1 Å². The fourth-order valence-corrected chi connectivity index (χ4v) is 3.26. The molecule has 0 saturated carbocycles. The molecular weight excluding hydrogens is 697 g/mol. The molecule has 0 aliphatic heterocycles. The average molecular weight is 727 g/mol. The Morgan fingerprint density at radius 3 is 2.19 bits per heavy atom. The fourth-order valence-electron chi connectivity index (χ4n) is 2.52. The zero-order chi connectivity index (χ0) is 27.2. The summed E-state index contributed by atoms with van der Waals surface area (Å²) in [7, 11) is 5.67. The number of furan rings is 1. The molecule has 3 N–H and O–H groups in total. The van der Waals surface area contributed by atoms with Crippen LogP contribution in [0.15, 0.2) is 22.5 Å². The van der Waals surface area contributed by atoms with E-state index >= 15 is 0 Å². The van der Waals surface area contributed by atoms with Crippen LogP contribution in [-0.4, -0.2) is 98.1 Å². The Bertz CT molecular complexity index is 891. The van der Waals surface area contributed by atoms with Crippen LogP contribution in [-0.2, 0) is 26.7 Å². The summed E-state index contributed by atoms with van der Waals surface area (Å²) in [6, 6.07) is 2.07. The number of nitrogens with zero attached hydrogens (tertiary/aromatic N) is 2. The second kappa shape index (κ2) is 17.9. The van der Waals surface area contributed by atoms with Crippen molar-refractivity contribution in [3.8, 4) is 0 Å². The van der Waals surface area contributed by atoms with Crippen molar-refractivity contribution in [3.05, 3.63) is 45.3 Å². The van der Waals surface area contributed by atoms with Crippen LogP contribution in [0.1, 0.15) is 29.9 Å². The van der Waals surface area contributed by atoms with Crippen molar-refractivity contribution < 1.29 is 44.2 Å². The molecule has 200 valence electrons. The van der Waals surface area contributed by atoms with Crippen molar-refractivity contribution in [2.45, 2.75) is 37.7 Å². The molecule has 0 unspecified atom stereocenters. The van der Waals surface area contributed by atoms with E-state index in [2.05, 4.69) is 28.5 Å². The van der Waals surface area contributed by atoms with Gasteiger partial charge in [-0.15, -0.1) is 0 Å². The Morgan fingerprint density at radius 1 is 1.22 bits per heavy atom. The maximum Gasteiger partial charge on any atom is 3.00 e. The molecule has 0 aromatic carbocycles. The quantitative estimate of drug-likeness (QED) is 0.0681. The SMILES string of the molecule is CN/C(=C\[N+](=O)[O-])NCCSCc1cc(C)c(CN(C)C)o1.O=C([O-])CC(O)(CC(=O)[O-])C(=O)[O-].[Bi+3]. The molecule has 1 aromatic rings. The van der Waals surface area contributed by atoms with Crippen molar-refractivity contribution in [2.75, 3.05) is 33.4 Å². The number of hydrogen-bond donors (Lipinski definition) is 3. The third kappa shape index (κ3) is 15.6. The number of carboxylic acid groups (broad SMARTS) is 3. The van der Waals surface area contributed by atoms with Gasteiger partial charge in [-0.05, 0) is 32.6 Å². The molecule has 0 saturated heterocycles. The Kier molecular flexibility index (Phi) is 17.8. The van der Waals surface area contributed by atoms with Crippen LogP contribution in [0.25, 0.3) is 0 Å². The number of aliphatic hydroxyl groups is 1. The third-order valence-corrected chi connectivity index (χ3v) is 5.08. The van der Waals surface area contributed by atoms with Gasteiger partial charge in [-0.25, -0.2) is 0 Å². The first-order valence-electron chi connectivity index (χ1n) is 10.1. The molecule has 14 nitrogen and oxygen atoms in total. The molecule has 0 aliphatic rings. The summed E-state index contributed by atoms with van der Waals surface area (Å²) < 4.78 is 5.83. The summed E-state index contributed by atoms with van der Waals surface area (Å²) >= 11 is 1.72. The smallest absolute Gasteiger partial charge is 0.550 e. The minimum atomic E-state index is -2.97. The minimum Gasteiger partial charge on any atom is -0.550 e. The number of aryl methyl sites for hydroxylation is 1. The summed E-state index contributed by atoms with van der Waals surface area (Å²) in [6.45, 7) is 3.50. The summed E-state index contributed by atoms with van der Waals surface area (Å²) in [4.78, 5) is 42.0. The third-order valence-electron chi connectivity index (χ3n) is 4.09. The number of thioether (sulfide) groups is 1. The van der Waals surface area contributed by atoms with E-state index in [0.29, 0.717) is 12.4 Å². The second-order valence-corrected chi connectivity index (χ2v) is 8.64. The number of carbonyl (C=O) groups is 3. The average Bonchev–Trinajstić information content (AvgIpc) is 3.04. The zero-order valence-corrected chi connectivity index (χ0v) is 24.6. The van der Waals surface area contributed by atoms with Gasteiger partial charge in [-0.3, -0.25) is 10.1 Å². The van der Waals surface area contributed by atoms with Gasteiger partial charge in [0.2, 0.25) is 0 Å². The molecule has 0 bridgehead atoms. The molecule has 0 aliphatic carbocycles. The minimum absolute atomic E-state index is 0. The van der Waals surface area contributed by atoms with E-state index in [1.165, 1.54) is 5.56 Å². The van der Waals surface area contributed by atoms with Crippen LogP contribution in [0, 0.1) is 17.0 Å². The molecular formula is C20H29BiN4O10S. The topological polar surface area (TPSA) is 224 Å². The number of nitro groups is 1. The molecule has 2 radical (unpaired) electrons. The van der Waals surface area contributed by atoms with E-state index in [1.807, 2.05) is 14.1 Å². The maximum atomic E-state index is 10.4. The molecule has 0 atom stereocenters. The van der Waals surface area contributed by atoms with Crippen molar-refractivity contribution in [1.82, 2.24) is 15.5 Å². The standard InChI is InChI=1S/C14H24N4O3S.C6H8O7.Bi/c1-11-7-12(21-13(11)8-17(3)4)10-22-6-5-16-14(15-2)9-18(19)20;7-3(8)1-6(13,5(11)12)2-4(9)10;/h7,9,15-16H,5-6,8,10H2,1-4H3;13H,1-2H2,(H,7,8)(H,9,10)(H,11,12);/q;;+3/p-3/b14-9+;;. The van der Waals surface area contributed by atoms with Crippen LogP contribution in [0.4, 0.5) is 0 Å². The van der Waals surface area contributed by atoms with Gasteiger partial charge in [0.05, 0.1) is 23.2 Å². The zero-order valence-electron chi connectivity index (χ0n) is 20.3. The van der Waals surface area contributed by atoms with E-state index in [0.717, 1.165) is 35.8 Å². The molecule has 1 rings (SSSR count). The van der Waals surface area contributed by atoms with Gasteiger partial charge in [0.15, 0.2) is 5.82 Å². The van der Waals surface area contributed by atoms with Crippen molar-refractivity contribution in [2.24, 2.45) is 0 Å². The molecule has 16 heteroatoms. The fraction of sp³-hybridized carbons (Fsp3) is 0.550. The number of carbonyl (C=O) groups excluding carboxylic acids is 3. The van der Waals surface area contributed by atoms with Crippen LogP contribution < -0.4 is 26.0 Å². The first-order chi connectivity index (χ1) is 16.2. The Labute approximate surface area is 231 Å². The number of aliphatic carboxylic acids is 3. The summed E-state index contributed by atoms with van der Waals surface area (Å²) in [6.07, 6.45) is -1.79. The van der Waals surface area contributed by atoms with Crippen molar-refractivity contribution in [1.29, 1.82) is 0 Å². The Balaban J connectivity index is 0. The summed E-state index contributed by atoms with van der Waals surface area (Å²) in [5.74, 6) is -1.97. The Hall–Kier alpha value is -2.42. The van der Waals surface area contributed by atoms with Crippen LogP contribution in [0.3, 0.4) is 0 Å². The van der Waals surface area contributed by atoms with E-state index in [-0.39, 0.29) is 26.2 Å². The molecule has 0 fully saturated rings. The van der Waals surface area contributed by atoms with E-state index in [9.17, 15) is 39.8 Å². The normalized spacial score (nSPS) is 11.1. The number of hydrogen-bond acceptors (Lipinski definition) is 14. The van der Waals surface area contributed by atoms with Crippen LogP contribution in [0.5, 0.6) is 0 Å². The predicted octanol–water partition coefficient (Wildman–Crippen LogP) is -3.87. The van der Waals surface area contributed by atoms with Gasteiger partial charge in [0.25, 0.3) is 6.20 Å². The maximum absolute atomic E-state index is 10.4. The second-order valence-electron chi connectivity index (χ2n) is 7.53. The van der Waals surface area contributed by atoms with Gasteiger partial charge in [0, 0.05) is 44.1 Å². The molecule has 1 aromatic heterocycles. The summed E-state index contributed by atoms with van der Waals surface area (Å²) in [5, 5.41) is 55.0. The monoisotopic (exact) mass is 726 g/mol.